The number of carbonyl (C=O) groups is 1. The van der Waals surface area contributed by atoms with Crippen LogP contribution in [0.4, 0.5) is 4.79 Å². The highest BCUT2D eigenvalue weighted by Gasteiger charge is 2.20. The molecule has 0 fully saturated rings. The van der Waals surface area contributed by atoms with Gasteiger partial charge in [0, 0.05) is 6.26 Å². The van der Waals surface area contributed by atoms with Crippen LogP contribution in [0.3, 0.4) is 0 Å². The van der Waals surface area contributed by atoms with Gasteiger partial charge in [0.2, 0.25) is 0 Å². The summed E-state index contributed by atoms with van der Waals surface area (Å²) < 4.78 is 6.48. The Labute approximate surface area is 83.4 Å². The minimum Gasteiger partial charge on any atom is -0.443 e. The molecule has 0 aliphatic heterocycles. The van der Waals surface area contributed by atoms with Gasteiger partial charge in [-0.05, 0) is 32.7 Å². The van der Waals surface area contributed by atoms with Gasteiger partial charge in [0.15, 0.2) is 0 Å². The van der Waals surface area contributed by atoms with Crippen LogP contribution in [-0.4, -0.2) is 40.5 Å². The molecule has 4 nitrogen and oxygen atoms in total. The molecule has 5 heteroatoms. The van der Waals surface area contributed by atoms with Gasteiger partial charge in [-0.3, -0.25) is 0 Å². The smallest absolute Gasteiger partial charge is 0.420 e. The van der Waals surface area contributed by atoms with E-state index in [4.69, 9.17) is 9.84 Å². The van der Waals surface area contributed by atoms with E-state index in [-0.39, 0.29) is 13.2 Å². The van der Waals surface area contributed by atoms with Crippen molar-refractivity contribution in [2.24, 2.45) is 0 Å². The molecular formula is C8H17NO3S. The number of carbonyl (C=O) groups excluding carboxylic acids is 1. The maximum atomic E-state index is 11.4. The van der Waals surface area contributed by atoms with Crippen LogP contribution in [0.5, 0.6) is 0 Å². The predicted octanol–water partition coefficient (Wildman–Crippen LogP) is 1.49. The molecule has 0 rings (SSSR count). The largest absolute Gasteiger partial charge is 0.443 e. The molecule has 0 aliphatic rings. The van der Waals surface area contributed by atoms with Crippen LogP contribution in [0.1, 0.15) is 20.8 Å². The first-order valence-electron chi connectivity index (χ1n) is 4.06. The zero-order valence-electron chi connectivity index (χ0n) is 8.53. The lowest BCUT2D eigenvalue weighted by molar-refractivity contribution is 0.0387. The van der Waals surface area contributed by atoms with Gasteiger partial charge in [0.25, 0.3) is 0 Å². The Hall–Kier alpha value is -0.420. The molecule has 0 aromatic rings. The fourth-order valence-electron chi connectivity index (χ4n) is 0.661. The van der Waals surface area contributed by atoms with Crippen LogP contribution in [0.2, 0.25) is 0 Å². The number of hydrogen-bond donors (Lipinski definition) is 1. The lowest BCUT2D eigenvalue weighted by atomic mass is 10.2. The van der Waals surface area contributed by atoms with Crippen LogP contribution in [0.25, 0.3) is 0 Å². The van der Waals surface area contributed by atoms with Crippen molar-refractivity contribution >= 4 is 18.0 Å². The van der Waals surface area contributed by atoms with Crippen LogP contribution in [0, 0.1) is 0 Å². The summed E-state index contributed by atoms with van der Waals surface area (Å²) in [7, 11) is 0. The quantitative estimate of drug-likeness (QED) is 0.712. The van der Waals surface area contributed by atoms with Crippen molar-refractivity contribution < 1.29 is 14.6 Å². The molecule has 0 aromatic heterocycles. The first kappa shape index (κ1) is 12.6. The second-order valence-corrected chi connectivity index (χ2v) is 4.29. The van der Waals surface area contributed by atoms with Crippen LogP contribution < -0.4 is 0 Å². The molecule has 0 saturated heterocycles. The molecule has 0 saturated carbocycles. The average Bonchev–Trinajstić information content (AvgIpc) is 1.96. The van der Waals surface area contributed by atoms with Crippen LogP contribution in [0.15, 0.2) is 0 Å². The molecule has 0 radical (unpaired) electrons. The Bertz CT molecular complexity index is 167. The molecule has 0 atom stereocenters. The van der Waals surface area contributed by atoms with Gasteiger partial charge in [-0.25, -0.2) is 9.10 Å². The van der Waals surface area contributed by atoms with Gasteiger partial charge in [-0.15, -0.1) is 0 Å². The summed E-state index contributed by atoms with van der Waals surface area (Å²) in [6.07, 6.45) is 1.36. The summed E-state index contributed by atoms with van der Waals surface area (Å²) in [5, 5.41) is 8.65. The summed E-state index contributed by atoms with van der Waals surface area (Å²) in [6, 6.07) is 0. The number of hydrogen-bond acceptors (Lipinski definition) is 4. The predicted molar refractivity (Wildman–Crippen MR) is 53.5 cm³/mol. The highest BCUT2D eigenvalue weighted by molar-refractivity contribution is 7.96. The van der Waals surface area contributed by atoms with E-state index >= 15 is 0 Å². The second kappa shape index (κ2) is 5.34. The highest BCUT2D eigenvalue weighted by atomic mass is 32.2. The summed E-state index contributed by atoms with van der Waals surface area (Å²) in [5.41, 5.74) is -0.486. The molecular weight excluding hydrogens is 190 g/mol. The van der Waals surface area contributed by atoms with E-state index in [1.54, 1.807) is 6.26 Å². The van der Waals surface area contributed by atoms with E-state index in [0.717, 1.165) is 0 Å². The molecule has 0 unspecified atom stereocenters. The Morgan fingerprint density at radius 3 is 2.38 bits per heavy atom. The highest BCUT2D eigenvalue weighted by Crippen LogP contribution is 2.13. The van der Waals surface area contributed by atoms with Gasteiger partial charge >= 0.3 is 6.09 Å². The normalized spacial score (nSPS) is 11.2. The molecule has 0 aliphatic carbocycles. The number of aliphatic hydroxyl groups excluding tert-OH is 1. The monoisotopic (exact) mass is 207 g/mol. The molecule has 0 heterocycles. The van der Waals surface area contributed by atoms with E-state index < -0.39 is 11.7 Å². The van der Waals surface area contributed by atoms with Crippen LogP contribution in [-0.2, 0) is 4.74 Å². The Balaban J connectivity index is 4.06. The topological polar surface area (TPSA) is 49.8 Å². The van der Waals surface area contributed by atoms with Gasteiger partial charge in [-0.2, -0.15) is 0 Å². The van der Waals surface area contributed by atoms with E-state index in [2.05, 4.69) is 0 Å². The van der Waals surface area contributed by atoms with Crippen LogP contribution >= 0.6 is 11.9 Å². The third-order valence-electron chi connectivity index (χ3n) is 1.12. The van der Waals surface area contributed by atoms with E-state index in [0.29, 0.717) is 0 Å². The molecule has 0 spiro atoms. The van der Waals surface area contributed by atoms with Gasteiger partial charge in [0.1, 0.15) is 5.60 Å². The third-order valence-corrected chi connectivity index (χ3v) is 1.89. The summed E-state index contributed by atoms with van der Waals surface area (Å²) >= 11 is 1.24. The minimum absolute atomic E-state index is 0.0555. The Morgan fingerprint density at radius 1 is 1.54 bits per heavy atom. The first-order valence-corrected chi connectivity index (χ1v) is 5.24. The molecule has 13 heavy (non-hydrogen) atoms. The Kier molecular flexibility index (Phi) is 5.17. The van der Waals surface area contributed by atoms with Crippen molar-refractivity contribution in [3.63, 3.8) is 0 Å². The lowest BCUT2D eigenvalue weighted by Crippen LogP contribution is -2.34. The maximum absolute atomic E-state index is 11.4. The minimum atomic E-state index is -0.486. The summed E-state index contributed by atoms with van der Waals surface area (Å²) in [4.78, 5) is 11.4. The average molecular weight is 207 g/mol. The van der Waals surface area contributed by atoms with Crippen molar-refractivity contribution in [2.45, 2.75) is 26.4 Å². The van der Waals surface area contributed by atoms with E-state index in [1.807, 2.05) is 20.8 Å². The summed E-state index contributed by atoms with van der Waals surface area (Å²) in [6.45, 7) is 5.66. The molecule has 1 amide bonds. The standard InChI is InChI=1S/C8H17NO3S/c1-8(2,3)12-7(11)9(13-4)5-6-10/h10H,5-6H2,1-4H3. The molecule has 0 aromatic carbocycles. The van der Waals surface area contributed by atoms with Crippen molar-refractivity contribution in [3.8, 4) is 0 Å². The zero-order valence-corrected chi connectivity index (χ0v) is 9.35. The number of ether oxygens (including phenoxy) is 1. The van der Waals surface area contributed by atoms with E-state index in [1.165, 1.54) is 16.3 Å². The summed E-state index contributed by atoms with van der Waals surface area (Å²) in [5.74, 6) is 0. The van der Waals surface area contributed by atoms with Crippen molar-refractivity contribution in [2.75, 3.05) is 19.4 Å². The van der Waals surface area contributed by atoms with Crippen molar-refractivity contribution in [3.05, 3.63) is 0 Å². The molecule has 78 valence electrons. The van der Waals surface area contributed by atoms with Crippen molar-refractivity contribution in [1.29, 1.82) is 0 Å². The molecule has 0 bridgehead atoms. The van der Waals surface area contributed by atoms with Gasteiger partial charge < -0.3 is 9.84 Å². The third kappa shape index (κ3) is 5.76. The SMILES string of the molecule is CSN(CCO)C(=O)OC(C)(C)C. The Morgan fingerprint density at radius 2 is 2.08 bits per heavy atom. The maximum Gasteiger partial charge on any atom is 0.420 e. The van der Waals surface area contributed by atoms with E-state index in [9.17, 15) is 4.79 Å². The number of amides is 1. The van der Waals surface area contributed by atoms with Gasteiger partial charge in [0.05, 0.1) is 13.2 Å². The van der Waals surface area contributed by atoms with Gasteiger partial charge in [-0.1, -0.05) is 0 Å². The number of nitrogens with zero attached hydrogens (tertiary/aromatic N) is 1. The van der Waals surface area contributed by atoms with Crippen molar-refractivity contribution in [1.82, 2.24) is 4.31 Å². The fraction of sp³-hybridized carbons (Fsp3) is 0.875. The fourth-order valence-corrected chi connectivity index (χ4v) is 1.11. The first-order chi connectivity index (χ1) is 5.90. The number of rotatable bonds is 3. The molecule has 1 N–H and O–H groups in total. The second-order valence-electron chi connectivity index (χ2n) is 3.49. The number of aliphatic hydroxyl groups is 1. The zero-order chi connectivity index (χ0) is 10.5. The lowest BCUT2D eigenvalue weighted by Gasteiger charge is -2.24.